The van der Waals surface area contributed by atoms with Gasteiger partial charge in [0.25, 0.3) is 0 Å². The zero-order valence-electron chi connectivity index (χ0n) is 15.4. The van der Waals surface area contributed by atoms with Crippen LogP contribution in [-0.4, -0.2) is 24.9 Å². The Morgan fingerprint density at radius 2 is 1.30 bits per heavy atom. The number of hydrogen-bond acceptors (Lipinski definition) is 3. The lowest BCUT2D eigenvalue weighted by atomic mass is 10.0. The average molecular weight is 363 g/mol. The molecule has 0 bridgehead atoms. The molecular weight excluding hydrogens is 338 g/mol. The van der Waals surface area contributed by atoms with Crippen LogP contribution >= 0.6 is 0 Å². The average Bonchev–Trinajstić information content (AvgIpc) is 3.52. The van der Waals surface area contributed by atoms with Gasteiger partial charge in [-0.3, -0.25) is 9.59 Å². The van der Waals surface area contributed by atoms with Gasteiger partial charge in [0.15, 0.2) is 0 Å². The highest BCUT2D eigenvalue weighted by Gasteiger charge is 2.56. The van der Waals surface area contributed by atoms with Crippen molar-refractivity contribution >= 4 is 28.9 Å². The Kier molecular flexibility index (Phi) is 4.84. The van der Waals surface area contributed by atoms with E-state index in [-0.39, 0.29) is 11.8 Å². The molecule has 0 spiro atoms. The molecule has 1 saturated carbocycles. The van der Waals surface area contributed by atoms with Crippen LogP contribution in [0.4, 0.5) is 17.1 Å². The number of nitrogens with one attached hydrogen (secondary N) is 2. The molecule has 1 aliphatic carbocycles. The van der Waals surface area contributed by atoms with Crippen LogP contribution in [0.15, 0.2) is 54.6 Å². The van der Waals surface area contributed by atoms with Gasteiger partial charge in [-0.15, -0.1) is 0 Å². The van der Waals surface area contributed by atoms with Crippen LogP contribution in [-0.2, 0) is 9.59 Å². The SMILES string of the molecule is O=C(Nc1ccccc1)C1(C(=O)Nc2ccc(N3CCCCC3)cc2)CC1. The molecule has 0 radical (unpaired) electrons. The molecule has 27 heavy (non-hydrogen) atoms. The molecular formula is C22H25N3O2. The zero-order valence-corrected chi connectivity index (χ0v) is 15.4. The fourth-order valence-electron chi connectivity index (χ4n) is 3.61. The quantitative estimate of drug-likeness (QED) is 0.789. The monoisotopic (exact) mass is 363 g/mol. The summed E-state index contributed by atoms with van der Waals surface area (Å²) in [6, 6.07) is 17.2. The fraction of sp³-hybridized carbons (Fsp3) is 0.364. The van der Waals surface area contributed by atoms with E-state index in [1.165, 1.54) is 24.9 Å². The summed E-state index contributed by atoms with van der Waals surface area (Å²) in [4.78, 5) is 27.7. The van der Waals surface area contributed by atoms with Crippen LogP contribution < -0.4 is 15.5 Å². The van der Waals surface area contributed by atoms with Gasteiger partial charge in [-0.25, -0.2) is 0 Å². The normalized spacial score (nSPS) is 17.9. The number of amides is 2. The first-order valence-corrected chi connectivity index (χ1v) is 9.70. The van der Waals surface area contributed by atoms with Crippen LogP contribution in [0.25, 0.3) is 0 Å². The summed E-state index contributed by atoms with van der Waals surface area (Å²) in [6.07, 6.45) is 4.94. The van der Waals surface area contributed by atoms with Crippen molar-refractivity contribution < 1.29 is 9.59 Å². The van der Waals surface area contributed by atoms with Crippen LogP contribution in [0.3, 0.4) is 0 Å². The Morgan fingerprint density at radius 1 is 0.741 bits per heavy atom. The molecule has 140 valence electrons. The Morgan fingerprint density at radius 3 is 1.85 bits per heavy atom. The summed E-state index contributed by atoms with van der Waals surface area (Å²) in [5.74, 6) is -0.446. The highest BCUT2D eigenvalue weighted by atomic mass is 16.2. The van der Waals surface area contributed by atoms with Gasteiger partial charge in [-0.1, -0.05) is 18.2 Å². The zero-order chi connectivity index (χ0) is 18.7. The fourth-order valence-corrected chi connectivity index (χ4v) is 3.61. The predicted molar refractivity (Wildman–Crippen MR) is 108 cm³/mol. The molecule has 1 saturated heterocycles. The second kappa shape index (κ2) is 7.43. The Hall–Kier alpha value is -2.82. The lowest BCUT2D eigenvalue weighted by Gasteiger charge is -2.28. The number of rotatable bonds is 5. The van der Waals surface area contributed by atoms with E-state index < -0.39 is 5.41 Å². The number of para-hydroxylation sites is 1. The van der Waals surface area contributed by atoms with Crippen LogP contribution in [0.2, 0.25) is 0 Å². The molecule has 2 aromatic rings. The first-order valence-electron chi connectivity index (χ1n) is 9.70. The third kappa shape index (κ3) is 3.82. The van der Waals surface area contributed by atoms with Crippen molar-refractivity contribution in [1.29, 1.82) is 0 Å². The van der Waals surface area contributed by atoms with E-state index in [1.807, 2.05) is 54.6 Å². The van der Waals surface area contributed by atoms with Gasteiger partial charge in [-0.05, 0) is 68.5 Å². The second-order valence-corrected chi connectivity index (χ2v) is 7.45. The summed E-state index contributed by atoms with van der Waals surface area (Å²) in [7, 11) is 0. The number of piperidine rings is 1. The van der Waals surface area contributed by atoms with Crippen molar-refractivity contribution in [2.45, 2.75) is 32.1 Å². The summed E-state index contributed by atoms with van der Waals surface area (Å²) >= 11 is 0. The molecule has 2 N–H and O–H groups in total. The van der Waals surface area contributed by atoms with Gasteiger partial charge in [-0.2, -0.15) is 0 Å². The van der Waals surface area contributed by atoms with E-state index in [4.69, 9.17) is 0 Å². The minimum Gasteiger partial charge on any atom is -0.372 e. The third-order valence-electron chi connectivity index (χ3n) is 5.50. The van der Waals surface area contributed by atoms with E-state index in [2.05, 4.69) is 15.5 Å². The highest BCUT2D eigenvalue weighted by molar-refractivity contribution is 6.16. The summed E-state index contributed by atoms with van der Waals surface area (Å²) < 4.78 is 0. The molecule has 2 fully saturated rings. The topological polar surface area (TPSA) is 61.4 Å². The number of anilines is 3. The molecule has 4 rings (SSSR count). The van der Waals surface area contributed by atoms with Gasteiger partial charge in [0, 0.05) is 30.2 Å². The molecule has 0 atom stereocenters. The molecule has 2 amide bonds. The van der Waals surface area contributed by atoms with E-state index in [0.29, 0.717) is 18.5 Å². The summed E-state index contributed by atoms with van der Waals surface area (Å²) in [6.45, 7) is 2.18. The largest absolute Gasteiger partial charge is 0.372 e. The predicted octanol–water partition coefficient (Wildman–Crippen LogP) is 4.03. The van der Waals surface area contributed by atoms with Crippen LogP contribution in [0, 0.1) is 5.41 Å². The standard InChI is InChI=1S/C22H25N3O2/c26-20(23-17-7-3-1-4-8-17)22(13-14-22)21(27)24-18-9-11-19(12-10-18)25-15-5-2-6-16-25/h1,3-4,7-12H,2,5-6,13-16H2,(H,23,26)(H,24,27). The van der Waals surface area contributed by atoms with Crippen molar-refractivity contribution in [3.05, 3.63) is 54.6 Å². The molecule has 5 nitrogen and oxygen atoms in total. The molecule has 5 heteroatoms. The summed E-state index contributed by atoms with van der Waals surface area (Å²) in [5, 5.41) is 5.78. The number of benzene rings is 2. The third-order valence-corrected chi connectivity index (χ3v) is 5.50. The molecule has 0 unspecified atom stereocenters. The minimum absolute atomic E-state index is 0.221. The summed E-state index contributed by atoms with van der Waals surface area (Å²) in [5.41, 5.74) is 1.70. The lowest BCUT2D eigenvalue weighted by Crippen LogP contribution is -2.35. The van der Waals surface area contributed by atoms with E-state index in [9.17, 15) is 9.59 Å². The highest BCUT2D eigenvalue weighted by Crippen LogP contribution is 2.47. The molecule has 0 aromatic heterocycles. The number of nitrogens with zero attached hydrogens (tertiary/aromatic N) is 1. The number of hydrogen-bond donors (Lipinski definition) is 2. The maximum absolute atomic E-state index is 12.7. The van der Waals surface area contributed by atoms with Gasteiger partial charge < -0.3 is 15.5 Å². The Balaban J connectivity index is 1.38. The Bertz CT molecular complexity index is 807. The van der Waals surface area contributed by atoms with Crippen LogP contribution in [0.1, 0.15) is 32.1 Å². The smallest absolute Gasteiger partial charge is 0.240 e. The van der Waals surface area contributed by atoms with Crippen molar-refractivity contribution in [1.82, 2.24) is 0 Å². The van der Waals surface area contributed by atoms with Crippen molar-refractivity contribution in [2.24, 2.45) is 5.41 Å². The molecule has 2 aliphatic rings. The maximum Gasteiger partial charge on any atom is 0.240 e. The number of carbonyl (C=O) groups excluding carboxylic acids is 2. The molecule has 2 aromatic carbocycles. The van der Waals surface area contributed by atoms with E-state index in [0.717, 1.165) is 18.8 Å². The van der Waals surface area contributed by atoms with Gasteiger partial charge in [0.2, 0.25) is 11.8 Å². The van der Waals surface area contributed by atoms with Crippen molar-refractivity contribution in [2.75, 3.05) is 28.6 Å². The van der Waals surface area contributed by atoms with Gasteiger partial charge >= 0.3 is 0 Å². The lowest BCUT2D eigenvalue weighted by molar-refractivity contribution is -0.131. The first-order chi connectivity index (χ1) is 13.2. The van der Waals surface area contributed by atoms with E-state index in [1.54, 1.807) is 0 Å². The van der Waals surface area contributed by atoms with Crippen LogP contribution in [0.5, 0.6) is 0 Å². The minimum atomic E-state index is -0.943. The van der Waals surface area contributed by atoms with E-state index >= 15 is 0 Å². The van der Waals surface area contributed by atoms with Crippen molar-refractivity contribution in [3.8, 4) is 0 Å². The first kappa shape index (κ1) is 17.6. The number of carbonyl (C=O) groups is 2. The maximum atomic E-state index is 12.7. The van der Waals surface area contributed by atoms with Crippen molar-refractivity contribution in [3.63, 3.8) is 0 Å². The second-order valence-electron chi connectivity index (χ2n) is 7.45. The van der Waals surface area contributed by atoms with Gasteiger partial charge in [0.05, 0.1) is 0 Å². The van der Waals surface area contributed by atoms with Gasteiger partial charge in [0.1, 0.15) is 5.41 Å². The molecule has 1 aliphatic heterocycles. The Labute approximate surface area is 159 Å². The molecule has 1 heterocycles.